The zero-order valence-electron chi connectivity index (χ0n) is 11.0. The molecule has 0 unspecified atom stereocenters. The maximum atomic E-state index is 13.0. The molecule has 3 nitrogen and oxygen atoms in total. The van der Waals surface area contributed by atoms with Crippen LogP contribution in [-0.2, 0) is 11.3 Å². The number of carbonyl (C=O) groups excluding carboxylic acids is 1. The molecule has 0 radical (unpaired) electrons. The van der Waals surface area contributed by atoms with E-state index in [1.807, 2.05) is 0 Å². The van der Waals surface area contributed by atoms with Crippen LogP contribution in [0, 0.1) is 5.82 Å². The van der Waals surface area contributed by atoms with Crippen molar-refractivity contribution < 1.29 is 9.18 Å². The van der Waals surface area contributed by atoms with Crippen molar-refractivity contribution in [2.75, 3.05) is 7.05 Å². The Morgan fingerprint density at radius 3 is 2.68 bits per heavy atom. The molecule has 0 heterocycles. The summed E-state index contributed by atoms with van der Waals surface area (Å²) in [5.74, 6) is -0.445. The topological polar surface area (TPSA) is 46.3 Å². The van der Waals surface area contributed by atoms with Crippen molar-refractivity contribution in [1.29, 1.82) is 0 Å². The van der Waals surface area contributed by atoms with Crippen LogP contribution in [0.1, 0.15) is 31.2 Å². The van der Waals surface area contributed by atoms with Crippen LogP contribution in [0.2, 0.25) is 5.02 Å². The quantitative estimate of drug-likeness (QED) is 0.928. The minimum atomic E-state index is -0.735. The van der Waals surface area contributed by atoms with E-state index in [4.69, 9.17) is 17.3 Å². The highest BCUT2D eigenvalue weighted by molar-refractivity contribution is 6.31. The van der Waals surface area contributed by atoms with Gasteiger partial charge in [-0.1, -0.05) is 30.5 Å². The summed E-state index contributed by atoms with van der Waals surface area (Å²) in [7, 11) is 1.70. The molecule has 0 aliphatic heterocycles. The van der Waals surface area contributed by atoms with E-state index < -0.39 is 5.54 Å². The van der Waals surface area contributed by atoms with Gasteiger partial charge in [-0.05, 0) is 30.5 Å². The van der Waals surface area contributed by atoms with Gasteiger partial charge in [-0.3, -0.25) is 4.79 Å². The van der Waals surface area contributed by atoms with E-state index in [2.05, 4.69) is 0 Å². The third kappa shape index (κ3) is 3.07. The first-order chi connectivity index (χ1) is 8.92. The number of nitrogens with zero attached hydrogens (tertiary/aromatic N) is 1. The summed E-state index contributed by atoms with van der Waals surface area (Å²) in [6.07, 6.45) is 3.45. The average Bonchev–Trinajstić information content (AvgIpc) is 2.80. The lowest BCUT2D eigenvalue weighted by Crippen LogP contribution is -2.52. The van der Waals surface area contributed by atoms with Crippen molar-refractivity contribution >= 4 is 17.5 Å². The van der Waals surface area contributed by atoms with Crippen LogP contribution in [-0.4, -0.2) is 23.4 Å². The molecule has 1 saturated carbocycles. The molecular weight excluding hydrogens is 267 g/mol. The van der Waals surface area contributed by atoms with Gasteiger partial charge in [0.2, 0.25) is 5.91 Å². The average molecular weight is 285 g/mol. The van der Waals surface area contributed by atoms with Gasteiger partial charge in [0.15, 0.2) is 0 Å². The van der Waals surface area contributed by atoms with E-state index >= 15 is 0 Å². The maximum absolute atomic E-state index is 13.0. The van der Waals surface area contributed by atoms with Gasteiger partial charge in [0.1, 0.15) is 5.82 Å². The zero-order valence-corrected chi connectivity index (χ0v) is 11.7. The van der Waals surface area contributed by atoms with Crippen LogP contribution < -0.4 is 5.73 Å². The lowest BCUT2D eigenvalue weighted by Gasteiger charge is -2.29. The summed E-state index contributed by atoms with van der Waals surface area (Å²) in [5, 5.41) is 0.331. The molecule has 1 aliphatic rings. The smallest absolute Gasteiger partial charge is 0.242 e. The van der Waals surface area contributed by atoms with Gasteiger partial charge in [0.25, 0.3) is 0 Å². The lowest BCUT2D eigenvalue weighted by atomic mass is 9.97. The monoisotopic (exact) mass is 284 g/mol. The Labute approximate surface area is 117 Å². The number of benzene rings is 1. The number of carbonyl (C=O) groups is 1. The molecule has 2 N–H and O–H groups in total. The number of amides is 1. The summed E-state index contributed by atoms with van der Waals surface area (Å²) in [4.78, 5) is 13.9. The summed E-state index contributed by atoms with van der Waals surface area (Å²) < 4.78 is 13.0. The molecule has 0 aromatic heterocycles. The van der Waals surface area contributed by atoms with Gasteiger partial charge in [-0.2, -0.15) is 0 Å². The first kappa shape index (κ1) is 14.3. The molecule has 1 aromatic rings. The van der Waals surface area contributed by atoms with Crippen molar-refractivity contribution in [3.8, 4) is 0 Å². The Bertz CT molecular complexity index is 486. The molecule has 1 fully saturated rings. The second-order valence-corrected chi connectivity index (χ2v) is 5.67. The van der Waals surface area contributed by atoms with Gasteiger partial charge in [0, 0.05) is 18.6 Å². The van der Waals surface area contributed by atoms with Crippen molar-refractivity contribution in [2.45, 2.75) is 37.8 Å². The molecule has 2 rings (SSSR count). The van der Waals surface area contributed by atoms with E-state index in [0.29, 0.717) is 11.6 Å². The Balaban J connectivity index is 2.08. The molecular formula is C14H18ClFN2O. The minimum absolute atomic E-state index is 0.0645. The van der Waals surface area contributed by atoms with Crippen LogP contribution in [0.25, 0.3) is 0 Å². The predicted molar refractivity (Wildman–Crippen MR) is 73.3 cm³/mol. The SMILES string of the molecule is CN(Cc1ccc(F)cc1Cl)C(=O)C1(N)CCCC1. The van der Waals surface area contributed by atoms with Crippen LogP contribution >= 0.6 is 11.6 Å². The van der Waals surface area contributed by atoms with Crippen LogP contribution in [0.15, 0.2) is 18.2 Å². The van der Waals surface area contributed by atoms with Crippen LogP contribution in [0.4, 0.5) is 4.39 Å². The lowest BCUT2D eigenvalue weighted by molar-refractivity contribution is -0.136. The van der Waals surface area contributed by atoms with E-state index in [-0.39, 0.29) is 11.7 Å². The van der Waals surface area contributed by atoms with Gasteiger partial charge >= 0.3 is 0 Å². The Morgan fingerprint density at radius 2 is 2.11 bits per heavy atom. The van der Waals surface area contributed by atoms with Crippen molar-refractivity contribution in [3.63, 3.8) is 0 Å². The molecule has 1 aromatic carbocycles. The third-order valence-corrected chi connectivity index (χ3v) is 4.04. The Morgan fingerprint density at radius 1 is 1.47 bits per heavy atom. The fourth-order valence-electron chi connectivity index (χ4n) is 2.58. The fourth-order valence-corrected chi connectivity index (χ4v) is 2.80. The third-order valence-electron chi connectivity index (χ3n) is 3.69. The fraction of sp³-hybridized carbons (Fsp3) is 0.500. The van der Waals surface area contributed by atoms with Crippen LogP contribution in [0.5, 0.6) is 0 Å². The standard InChI is InChI=1S/C14H18ClFN2O/c1-18(13(19)14(17)6-2-3-7-14)9-10-4-5-11(16)8-12(10)15/h4-5,8H,2-3,6-7,9,17H2,1H3. The van der Waals surface area contributed by atoms with E-state index in [9.17, 15) is 9.18 Å². The molecule has 0 bridgehead atoms. The molecule has 5 heteroatoms. The summed E-state index contributed by atoms with van der Waals surface area (Å²) in [6.45, 7) is 0.344. The van der Waals surface area contributed by atoms with Gasteiger partial charge in [0.05, 0.1) is 5.54 Å². The number of halogens is 2. The number of nitrogens with two attached hydrogens (primary N) is 1. The first-order valence-electron chi connectivity index (χ1n) is 6.41. The van der Waals surface area contributed by atoms with Gasteiger partial charge in [-0.15, -0.1) is 0 Å². The van der Waals surface area contributed by atoms with Gasteiger partial charge < -0.3 is 10.6 Å². The van der Waals surface area contributed by atoms with E-state index in [1.165, 1.54) is 12.1 Å². The minimum Gasteiger partial charge on any atom is -0.340 e. The van der Waals surface area contributed by atoms with Crippen molar-refractivity contribution in [3.05, 3.63) is 34.6 Å². The molecule has 104 valence electrons. The molecule has 19 heavy (non-hydrogen) atoms. The Kier molecular flexibility index (Phi) is 4.11. The molecule has 0 spiro atoms. The highest BCUT2D eigenvalue weighted by atomic mass is 35.5. The number of hydrogen-bond acceptors (Lipinski definition) is 2. The van der Waals surface area contributed by atoms with Crippen molar-refractivity contribution in [2.24, 2.45) is 5.73 Å². The van der Waals surface area contributed by atoms with E-state index in [1.54, 1.807) is 18.0 Å². The second kappa shape index (κ2) is 5.47. The number of likely N-dealkylation sites (N-methyl/N-ethyl adjacent to an activating group) is 1. The highest BCUT2D eigenvalue weighted by Crippen LogP contribution is 2.29. The summed E-state index contributed by atoms with van der Waals surface area (Å²) in [6, 6.07) is 4.19. The second-order valence-electron chi connectivity index (χ2n) is 5.26. The predicted octanol–water partition coefficient (Wildman–Crippen LogP) is 2.71. The zero-order chi connectivity index (χ0) is 14.0. The summed E-state index contributed by atoms with van der Waals surface area (Å²) in [5.41, 5.74) is 6.12. The number of hydrogen-bond donors (Lipinski definition) is 1. The molecule has 1 aliphatic carbocycles. The maximum Gasteiger partial charge on any atom is 0.242 e. The largest absolute Gasteiger partial charge is 0.340 e. The van der Waals surface area contributed by atoms with Crippen molar-refractivity contribution in [1.82, 2.24) is 4.90 Å². The molecule has 0 atom stereocenters. The van der Waals surface area contributed by atoms with Crippen LogP contribution in [0.3, 0.4) is 0 Å². The normalized spacial score (nSPS) is 17.5. The first-order valence-corrected chi connectivity index (χ1v) is 6.78. The summed E-state index contributed by atoms with van der Waals surface area (Å²) >= 11 is 5.96. The molecule has 0 saturated heterocycles. The Hall–Kier alpha value is -1.13. The number of rotatable bonds is 3. The van der Waals surface area contributed by atoms with E-state index in [0.717, 1.165) is 31.2 Å². The highest BCUT2D eigenvalue weighted by Gasteiger charge is 2.38. The van der Waals surface area contributed by atoms with Gasteiger partial charge in [-0.25, -0.2) is 4.39 Å². The molecule has 1 amide bonds.